The summed E-state index contributed by atoms with van der Waals surface area (Å²) in [6.45, 7) is 0. The molecule has 0 aliphatic heterocycles. The van der Waals surface area contributed by atoms with Gasteiger partial charge in [0.25, 0.3) is 5.91 Å². The Morgan fingerprint density at radius 1 is 0.929 bits per heavy atom. The van der Waals surface area contributed by atoms with Gasteiger partial charge < -0.3 is 5.32 Å². The van der Waals surface area contributed by atoms with Crippen LogP contribution in [0.3, 0.4) is 0 Å². The summed E-state index contributed by atoms with van der Waals surface area (Å²) < 4.78 is 38.6. The molecule has 0 radical (unpaired) electrons. The van der Waals surface area contributed by atoms with Gasteiger partial charge in [-0.2, -0.15) is 13.2 Å². The molecule has 0 heterocycles. The second-order valence-corrected chi connectivity index (χ2v) is 6.96. The number of halogens is 5. The molecule has 0 atom stereocenters. The standard InChI is InChI=1S/C19H11Cl2F3N2OS/c20-14-6-2-3-11-12(14)4-1-5-13(11)17(27)26-18(28)25-16-9-10(19(22,23)24)7-8-15(16)21/h1-9H,(H2,25,26,27,28). The molecule has 3 aromatic carbocycles. The summed E-state index contributed by atoms with van der Waals surface area (Å²) >= 11 is 17.1. The van der Waals surface area contributed by atoms with Crippen LogP contribution in [0.2, 0.25) is 10.0 Å². The van der Waals surface area contributed by atoms with E-state index in [1.807, 2.05) is 0 Å². The summed E-state index contributed by atoms with van der Waals surface area (Å²) in [7, 11) is 0. The lowest BCUT2D eigenvalue weighted by atomic mass is 10.0. The predicted octanol–water partition coefficient (Wildman–Crippen LogP) is 6.29. The minimum atomic E-state index is -4.53. The number of nitrogens with one attached hydrogen (secondary N) is 2. The number of thiocarbonyl (C=S) groups is 1. The van der Waals surface area contributed by atoms with Crippen LogP contribution in [-0.2, 0) is 6.18 Å². The summed E-state index contributed by atoms with van der Waals surface area (Å²) in [6, 6.07) is 13.0. The number of hydrogen-bond donors (Lipinski definition) is 2. The van der Waals surface area contributed by atoms with Crippen LogP contribution in [0, 0.1) is 0 Å². The fourth-order valence-electron chi connectivity index (χ4n) is 2.59. The smallest absolute Gasteiger partial charge is 0.331 e. The van der Waals surface area contributed by atoms with E-state index in [-0.39, 0.29) is 15.8 Å². The van der Waals surface area contributed by atoms with E-state index in [9.17, 15) is 18.0 Å². The van der Waals surface area contributed by atoms with Crippen LogP contribution in [-0.4, -0.2) is 11.0 Å². The number of fused-ring (bicyclic) bond motifs is 1. The third-order valence-corrected chi connectivity index (χ3v) is 4.75. The van der Waals surface area contributed by atoms with Crippen molar-refractivity contribution in [3.05, 3.63) is 75.8 Å². The lowest BCUT2D eigenvalue weighted by Crippen LogP contribution is -2.34. The Kier molecular flexibility index (Phi) is 5.79. The van der Waals surface area contributed by atoms with Crippen LogP contribution >= 0.6 is 35.4 Å². The number of hydrogen-bond acceptors (Lipinski definition) is 2. The predicted molar refractivity (Wildman–Crippen MR) is 109 cm³/mol. The maximum atomic E-state index is 12.9. The molecule has 0 fully saturated rings. The van der Waals surface area contributed by atoms with Gasteiger partial charge in [0, 0.05) is 16.0 Å². The third kappa shape index (κ3) is 4.38. The number of amides is 1. The highest BCUT2D eigenvalue weighted by molar-refractivity contribution is 7.80. The van der Waals surface area contributed by atoms with Crippen LogP contribution in [0.4, 0.5) is 18.9 Å². The molecule has 0 aliphatic carbocycles. The summed E-state index contributed by atoms with van der Waals surface area (Å²) in [4.78, 5) is 12.6. The molecule has 144 valence electrons. The molecule has 1 amide bonds. The van der Waals surface area contributed by atoms with Crippen molar-refractivity contribution in [2.75, 3.05) is 5.32 Å². The highest BCUT2D eigenvalue weighted by Crippen LogP contribution is 2.33. The molecule has 3 aromatic rings. The highest BCUT2D eigenvalue weighted by Gasteiger charge is 2.31. The molecule has 28 heavy (non-hydrogen) atoms. The van der Waals surface area contributed by atoms with Crippen LogP contribution < -0.4 is 10.6 Å². The zero-order valence-corrected chi connectivity index (χ0v) is 16.2. The minimum absolute atomic E-state index is 0.0292. The Bertz CT molecular complexity index is 1090. The van der Waals surface area contributed by atoms with E-state index in [2.05, 4.69) is 10.6 Å². The molecular weight excluding hydrogens is 432 g/mol. The number of alkyl halides is 3. The van der Waals surface area contributed by atoms with E-state index in [1.165, 1.54) is 0 Å². The monoisotopic (exact) mass is 442 g/mol. The Labute approximate surface area is 173 Å². The van der Waals surface area contributed by atoms with E-state index in [1.54, 1.807) is 36.4 Å². The van der Waals surface area contributed by atoms with E-state index < -0.39 is 17.6 Å². The van der Waals surface area contributed by atoms with Gasteiger partial charge in [0.05, 0.1) is 16.3 Å². The fraction of sp³-hybridized carbons (Fsp3) is 0.0526. The van der Waals surface area contributed by atoms with Gasteiger partial charge >= 0.3 is 6.18 Å². The molecular formula is C19H11Cl2F3N2OS. The lowest BCUT2D eigenvalue weighted by molar-refractivity contribution is -0.137. The van der Waals surface area contributed by atoms with Crippen molar-refractivity contribution in [3.8, 4) is 0 Å². The number of anilines is 1. The van der Waals surface area contributed by atoms with Crippen molar-refractivity contribution in [2.24, 2.45) is 0 Å². The van der Waals surface area contributed by atoms with Gasteiger partial charge in [-0.3, -0.25) is 10.1 Å². The van der Waals surface area contributed by atoms with Crippen molar-refractivity contribution in [3.63, 3.8) is 0 Å². The zero-order valence-electron chi connectivity index (χ0n) is 13.9. The first kappa shape index (κ1) is 20.4. The van der Waals surface area contributed by atoms with Gasteiger partial charge in [0.1, 0.15) is 0 Å². The summed E-state index contributed by atoms with van der Waals surface area (Å²) in [5.41, 5.74) is -0.640. The van der Waals surface area contributed by atoms with Crippen molar-refractivity contribution in [1.82, 2.24) is 5.32 Å². The molecule has 3 rings (SSSR count). The lowest BCUT2D eigenvalue weighted by Gasteiger charge is -2.14. The van der Waals surface area contributed by atoms with Gasteiger partial charge in [-0.25, -0.2) is 0 Å². The average molecular weight is 443 g/mol. The zero-order chi connectivity index (χ0) is 20.5. The SMILES string of the molecule is O=C(NC(=S)Nc1cc(C(F)(F)F)ccc1Cl)c1cccc2c(Cl)cccc12. The molecule has 0 aromatic heterocycles. The summed E-state index contributed by atoms with van der Waals surface area (Å²) in [5.74, 6) is -0.534. The number of benzene rings is 3. The number of carbonyl (C=O) groups excluding carboxylic acids is 1. The third-order valence-electron chi connectivity index (χ3n) is 3.88. The first-order chi connectivity index (χ1) is 13.2. The molecule has 2 N–H and O–H groups in total. The molecule has 3 nitrogen and oxygen atoms in total. The Morgan fingerprint density at radius 3 is 2.32 bits per heavy atom. The van der Waals surface area contributed by atoms with Crippen molar-refractivity contribution in [2.45, 2.75) is 6.18 Å². The second kappa shape index (κ2) is 7.95. The number of carbonyl (C=O) groups is 1. The number of rotatable bonds is 2. The largest absolute Gasteiger partial charge is 0.416 e. The normalized spacial score (nSPS) is 11.3. The Morgan fingerprint density at radius 2 is 1.61 bits per heavy atom. The van der Waals surface area contributed by atoms with Gasteiger partial charge in [-0.05, 0) is 47.9 Å². The quantitative estimate of drug-likeness (QED) is 0.458. The van der Waals surface area contributed by atoms with Crippen LogP contribution in [0.25, 0.3) is 10.8 Å². The topological polar surface area (TPSA) is 41.1 Å². The molecule has 0 saturated heterocycles. The van der Waals surface area contributed by atoms with E-state index in [0.29, 0.717) is 21.4 Å². The first-order valence-electron chi connectivity index (χ1n) is 7.83. The van der Waals surface area contributed by atoms with Gasteiger partial charge in [0.2, 0.25) is 0 Å². The maximum Gasteiger partial charge on any atom is 0.416 e. The van der Waals surface area contributed by atoms with E-state index in [4.69, 9.17) is 35.4 Å². The molecule has 0 saturated carbocycles. The van der Waals surface area contributed by atoms with Crippen molar-refractivity contribution < 1.29 is 18.0 Å². The van der Waals surface area contributed by atoms with Crippen molar-refractivity contribution in [1.29, 1.82) is 0 Å². The van der Waals surface area contributed by atoms with Crippen LogP contribution in [0.1, 0.15) is 15.9 Å². The fourth-order valence-corrected chi connectivity index (χ4v) is 3.20. The van der Waals surface area contributed by atoms with Crippen LogP contribution in [0.15, 0.2) is 54.6 Å². The molecule has 0 bridgehead atoms. The molecule has 0 aliphatic rings. The highest BCUT2D eigenvalue weighted by atomic mass is 35.5. The summed E-state index contributed by atoms with van der Waals surface area (Å²) in [5, 5.41) is 6.60. The molecule has 0 spiro atoms. The van der Waals surface area contributed by atoms with Gasteiger partial charge in [-0.1, -0.05) is 47.5 Å². The van der Waals surface area contributed by atoms with Gasteiger partial charge in [0.15, 0.2) is 5.11 Å². The summed E-state index contributed by atoms with van der Waals surface area (Å²) in [6.07, 6.45) is -4.53. The van der Waals surface area contributed by atoms with Crippen LogP contribution in [0.5, 0.6) is 0 Å². The average Bonchev–Trinajstić information content (AvgIpc) is 2.62. The minimum Gasteiger partial charge on any atom is -0.331 e. The maximum absolute atomic E-state index is 12.9. The Hall–Kier alpha value is -2.35. The van der Waals surface area contributed by atoms with Gasteiger partial charge in [-0.15, -0.1) is 0 Å². The van der Waals surface area contributed by atoms with E-state index >= 15 is 0 Å². The Balaban J connectivity index is 1.81. The molecule has 0 unspecified atom stereocenters. The van der Waals surface area contributed by atoms with Crippen molar-refractivity contribution >= 4 is 62.9 Å². The molecule has 9 heteroatoms. The first-order valence-corrected chi connectivity index (χ1v) is 8.99. The van der Waals surface area contributed by atoms with E-state index in [0.717, 1.165) is 18.2 Å². The second-order valence-electron chi connectivity index (χ2n) is 5.74.